The lowest BCUT2D eigenvalue weighted by atomic mass is 10.0. The first kappa shape index (κ1) is 22.1. The number of hydrogen-bond acceptors (Lipinski definition) is 4. The van der Waals surface area contributed by atoms with Crippen LogP contribution < -0.4 is 10.1 Å². The standard InChI is InChI=1S/C27H25NO5/c1-27(2,26(30)31)28-25(29)23-13-12-20-10-6-7-11-22(20)24(23)33-17-19-15-21(32-16-19)14-18-8-4-3-5-9-18/h3-13,15-16H,14,17H2,1-2H3,(H,28,29)(H,30,31). The number of carbonyl (C=O) groups is 2. The van der Waals surface area contributed by atoms with E-state index in [2.05, 4.69) is 5.32 Å². The first-order valence-electron chi connectivity index (χ1n) is 10.6. The molecular weight excluding hydrogens is 418 g/mol. The zero-order valence-corrected chi connectivity index (χ0v) is 18.5. The Morgan fingerprint density at radius 2 is 1.70 bits per heavy atom. The molecule has 1 aromatic heterocycles. The van der Waals surface area contributed by atoms with Crippen LogP contribution >= 0.6 is 0 Å². The van der Waals surface area contributed by atoms with E-state index in [0.29, 0.717) is 12.2 Å². The number of rotatable bonds is 8. The smallest absolute Gasteiger partial charge is 0.328 e. The van der Waals surface area contributed by atoms with E-state index in [0.717, 1.165) is 27.7 Å². The predicted molar refractivity (Wildman–Crippen MR) is 125 cm³/mol. The van der Waals surface area contributed by atoms with Crippen LogP contribution in [0, 0.1) is 0 Å². The van der Waals surface area contributed by atoms with Gasteiger partial charge in [0.2, 0.25) is 0 Å². The fourth-order valence-corrected chi connectivity index (χ4v) is 3.53. The molecule has 0 aliphatic carbocycles. The van der Waals surface area contributed by atoms with Gasteiger partial charge in [-0.05, 0) is 36.9 Å². The molecule has 4 aromatic rings. The van der Waals surface area contributed by atoms with Gasteiger partial charge in [-0.3, -0.25) is 4.79 Å². The fourth-order valence-electron chi connectivity index (χ4n) is 3.53. The monoisotopic (exact) mass is 443 g/mol. The Labute approximate surface area is 191 Å². The van der Waals surface area contributed by atoms with Crippen molar-refractivity contribution in [2.24, 2.45) is 0 Å². The molecule has 6 nitrogen and oxygen atoms in total. The third-order valence-electron chi connectivity index (χ3n) is 5.40. The Bertz CT molecular complexity index is 1290. The third-order valence-corrected chi connectivity index (χ3v) is 5.40. The molecule has 0 fully saturated rings. The van der Waals surface area contributed by atoms with Crippen molar-refractivity contribution in [1.82, 2.24) is 5.32 Å². The summed E-state index contributed by atoms with van der Waals surface area (Å²) in [5, 5.41) is 13.6. The molecular formula is C27H25NO5. The predicted octanol–water partition coefficient (Wildman–Crippen LogP) is 5.20. The molecule has 6 heteroatoms. The molecule has 1 heterocycles. The van der Waals surface area contributed by atoms with Crippen molar-refractivity contribution in [3.63, 3.8) is 0 Å². The van der Waals surface area contributed by atoms with Crippen LogP contribution in [0.15, 0.2) is 83.5 Å². The normalized spacial score (nSPS) is 11.3. The quantitative estimate of drug-likeness (QED) is 0.391. The molecule has 0 spiro atoms. The third kappa shape index (κ3) is 5.06. The van der Waals surface area contributed by atoms with E-state index in [1.54, 1.807) is 12.3 Å². The zero-order valence-electron chi connectivity index (χ0n) is 18.5. The Hall–Kier alpha value is -4.06. The molecule has 1 amide bonds. The molecule has 4 rings (SSSR count). The summed E-state index contributed by atoms with van der Waals surface area (Å²) in [5.74, 6) is -0.417. The minimum atomic E-state index is -1.42. The van der Waals surface area contributed by atoms with E-state index >= 15 is 0 Å². The minimum absolute atomic E-state index is 0.203. The van der Waals surface area contributed by atoms with Crippen molar-refractivity contribution in [3.05, 3.63) is 102 Å². The van der Waals surface area contributed by atoms with Gasteiger partial charge in [0.15, 0.2) is 0 Å². The van der Waals surface area contributed by atoms with Gasteiger partial charge in [-0.15, -0.1) is 0 Å². The van der Waals surface area contributed by atoms with Crippen LogP contribution in [0.2, 0.25) is 0 Å². The molecule has 3 aromatic carbocycles. The number of nitrogens with one attached hydrogen (secondary N) is 1. The van der Waals surface area contributed by atoms with Crippen molar-refractivity contribution in [2.45, 2.75) is 32.4 Å². The summed E-state index contributed by atoms with van der Waals surface area (Å²) in [6, 6.07) is 23.0. The maximum absolute atomic E-state index is 13.0. The molecule has 2 N–H and O–H groups in total. The summed E-state index contributed by atoms with van der Waals surface area (Å²) in [5.41, 5.74) is 0.840. The van der Waals surface area contributed by atoms with E-state index < -0.39 is 17.4 Å². The molecule has 168 valence electrons. The second kappa shape index (κ2) is 9.20. The van der Waals surface area contributed by atoms with Crippen LogP contribution in [0.5, 0.6) is 5.75 Å². The lowest BCUT2D eigenvalue weighted by Crippen LogP contribution is -2.49. The average molecular weight is 443 g/mol. The molecule has 33 heavy (non-hydrogen) atoms. The lowest BCUT2D eigenvalue weighted by molar-refractivity contribution is -0.143. The highest BCUT2D eigenvalue weighted by atomic mass is 16.5. The number of amides is 1. The maximum atomic E-state index is 13.0. The van der Waals surface area contributed by atoms with Gasteiger partial charge >= 0.3 is 5.97 Å². The Morgan fingerprint density at radius 3 is 2.45 bits per heavy atom. The molecule has 0 aliphatic heterocycles. The molecule has 0 radical (unpaired) electrons. The van der Waals surface area contributed by atoms with Crippen molar-refractivity contribution < 1.29 is 23.8 Å². The van der Waals surface area contributed by atoms with Gasteiger partial charge in [-0.25, -0.2) is 4.79 Å². The topological polar surface area (TPSA) is 88.8 Å². The second-order valence-electron chi connectivity index (χ2n) is 8.42. The van der Waals surface area contributed by atoms with Crippen LogP contribution in [-0.4, -0.2) is 22.5 Å². The number of carboxylic acids is 1. The first-order chi connectivity index (χ1) is 15.8. The van der Waals surface area contributed by atoms with E-state index in [-0.39, 0.29) is 12.2 Å². The summed E-state index contributed by atoms with van der Waals surface area (Å²) in [7, 11) is 0. The summed E-state index contributed by atoms with van der Waals surface area (Å²) in [4.78, 5) is 24.4. The van der Waals surface area contributed by atoms with Gasteiger partial charge in [0.25, 0.3) is 5.91 Å². The van der Waals surface area contributed by atoms with Crippen molar-refractivity contribution in [3.8, 4) is 5.75 Å². The van der Waals surface area contributed by atoms with Crippen LogP contribution in [0.1, 0.15) is 41.1 Å². The molecule has 0 unspecified atom stereocenters. The number of furan rings is 1. The number of benzene rings is 3. The highest BCUT2D eigenvalue weighted by Gasteiger charge is 2.30. The molecule has 0 aliphatic rings. The van der Waals surface area contributed by atoms with Crippen molar-refractivity contribution in [1.29, 1.82) is 0 Å². The van der Waals surface area contributed by atoms with Gasteiger partial charge in [0, 0.05) is 17.4 Å². The maximum Gasteiger partial charge on any atom is 0.328 e. The molecule has 0 saturated carbocycles. The zero-order chi connectivity index (χ0) is 23.4. The number of hydrogen-bond donors (Lipinski definition) is 2. The largest absolute Gasteiger partial charge is 0.487 e. The van der Waals surface area contributed by atoms with Crippen LogP contribution in [-0.2, 0) is 17.8 Å². The number of ether oxygens (including phenoxy) is 1. The highest BCUT2D eigenvalue weighted by molar-refractivity contribution is 6.05. The fraction of sp³-hybridized carbons (Fsp3) is 0.185. The summed E-state index contributed by atoms with van der Waals surface area (Å²) in [6.45, 7) is 3.08. The second-order valence-corrected chi connectivity index (χ2v) is 8.42. The van der Waals surface area contributed by atoms with Gasteiger partial charge in [-0.1, -0.05) is 60.7 Å². The number of carboxylic acid groups (broad SMARTS) is 1. The van der Waals surface area contributed by atoms with Crippen molar-refractivity contribution >= 4 is 22.6 Å². The van der Waals surface area contributed by atoms with E-state index in [1.165, 1.54) is 13.8 Å². The van der Waals surface area contributed by atoms with E-state index in [1.807, 2.05) is 66.7 Å². The Morgan fingerprint density at radius 1 is 0.970 bits per heavy atom. The van der Waals surface area contributed by atoms with Gasteiger partial charge in [-0.2, -0.15) is 0 Å². The summed E-state index contributed by atoms with van der Waals surface area (Å²) < 4.78 is 11.8. The van der Waals surface area contributed by atoms with Crippen LogP contribution in [0.3, 0.4) is 0 Å². The summed E-state index contributed by atoms with van der Waals surface area (Å²) in [6.07, 6.45) is 2.32. The van der Waals surface area contributed by atoms with Gasteiger partial charge in [0.1, 0.15) is 23.7 Å². The first-order valence-corrected chi connectivity index (χ1v) is 10.6. The molecule has 0 saturated heterocycles. The highest BCUT2D eigenvalue weighted by Crippen LogP contribution is 2.31. The summed E-state index contributed by atoms with van der Waals surface area (Å²) >= 11 is 0. The van der Waals surface area contributed by atoms with Crippen LogP contribution in [0.4, 0.5) is 0 Å². The van der Waals surface area contributed by atoms with Gasteiger partial charge < -0.3 is 19.6 Å². The molecule has 0 bridgehead atoms. The van der Waals surface area contributed by atoms with Gasteiger partial charge in [0.05, 0.1) is 11.8 Å². The Kier molecular flexibility index (Phi) is 6.18. The SMILES string of the molecule is CC(C)(NC(=O)c1ccc2ccccc2c1OCc1coc(Cc2ccccc2)c1)C(=O)O. The van der Waals surface area contributed by atoms with E-state index in [9.17, 15) is 14.7 Å². The molecule has 0 atom stereocenters. The minimum Gasteiger partial charge on any atom is -0.487 e. The lowest BCUT2D eigenvalue weighted by Gasteiger charge is -2.22. The Balaban J connectivity index is 1.58. The van der Waals surface area contributed by atoms with E-state index in [4.69, 9.17) is 9.15 Å². The number of carbonyl (C=O) groups excluding carboxylic acids is 1. The van der Waals surface area contributed by atoms with Crippen molar-refractivity contribution in [2.75, 3.05) is 0 Å². The number of fused-ring (bicyclic) bond motifs is 1. The average Bonchev–Trinajstić information content (AvgIpc) is 3.24. The van der Waals surface area contributed by atoms with Crippen LogP contribution in [0.25, 0.3) is 10.8 Å². The number of aliphatic carboxylic acids is 1.